The summed E-state index contributed by atoms with van der Waals surface area (Å²) in [6.45, 7) is 1.89. The normalized spacial score (nSPS) is 10.2. The van der Waals surface area contributed by atoms with Crippen LogP contribution >= 0.6 is 0 Å². The van der Waals surface area contributed by atoms with Crippen molar-refractivity contribution in [2.75, 3.05) is 10.6 Å². The summed E-state index contributed by atoms with van der Waals surface area (Å²) in [4.78, 5) is 12.8. The molecule has 0 radical (unpaired) electrons. The number of rotatable bonds is 5. The van der Waals surface area contributed by atoms with Gasteiger partial charge in [-0.15, -0.1) is 0 Å². The second-order valence-electron chi connectivity index (χ2n) is 5.49. The molecule has 24 heavy (non-hydrogen) atoms. The van der Waals surface area contributed by atoms with Crippen LogP contribution in [0, 0.1) is 12.1 Å². The van der Waals surface area contributed by atoms with Crippen LogP contribution in [0.4, 0.5) is 11.4 Å². The Balaban J connectivity index is 1.95. The zero-order valence-corrected chi connectivity index (χ0v) is 13.3. The number of aryl methyl sites for hydroxylation is 1. The van der Waals surface area contributed by atoms with E-state index < -0.39 is 0 Å². The van der Waals surface area contributed by atoms with Crippen molar-refractivity contribution in [1.29, 1.82) is 0 Å². The van der Waals surface area contributed by atoms with Crippen molar-refractivity contribution in [2.24, 2.45) is 0 Å². The van der Waals surface area contributed by atoms with Gasteiger partial charge in [-0.05, 0) is 31.2 Å². The number of hydrazine groups is 1. The van der Waals surface area contributed by atoms with Crippen LogP contribution in [0.3, 0.4) is 0 Å². The highest BCUT2D eigenvalue weighted by atomic mass is 16.5. The fourth-order valence-corrected chi connectivity index (χ4v) is 2.44. The van der Waals surface area contributed by atoms with Gasteiger partial charge in [-0.25, -0.2) is 0 Å². The molecule has 3 aromatic carbocycles. The molecule has 0 atom stereocenters. The van der Waals surface area contributed by atoms with Crippen molar-refractivity contribution in [3.8, 4) is 0 Å². The van der Waals surface area contributed by atoms with Crippen molar-refractivity contribution in [1.82, 2.24) is 0 Å². The van der Waals surface area contributed by atoms with Gasteiger partial charge >= 0.3 is 0 Å². The lowest BCUT2D eigenvalue weighted by atomic mass is 10.00. The van der Waals surface area contributed by atoms with Crippen molar-refractivity contribution < 1.29 is 4.79 Å². The minimum absolute atomic E-state index is 0.176. The van der Waals surface area contributed by atoms with Crippen molar-refractivity contribution in [3.05, 3.63) is 101 Å². The molecule has 0 heterocycles. The summed E-state index contributed by atoms with van der Waals surface area (Å²) in [5.74, 6) is -0.176. The Morgan fingerprint density at radius 3 is 2.21 bits per heavy atom. The summed E-state index contributed by atoms with van der Waals surface area (Å²) in [5, 5.41) is 13.2. The van der Waals surface area contributed by atoms with Crippen molar-refractivity contribution >= 4 is 17.2 Å². The molecule has 1 N–H and O–H groups in total. The maximum Gasteiger partial charge on any atom is 0.195 e. The van der Waals surface area contributed by atoms with Gasteiger partial charge in [0.1, 0.15) is 0 Å². The summed E-state index contributed by atoms with van der Waals surface area (Å²) in [6, 6.07) is 23.3. The molecular formula is C20H17N2O2-. The van der Waals surface area contributed by atoms with E-state index in [1.54, 1.807) is 48.5 Å². The first kappa shape index (κ1) is 15.8. The van der Waals surface area contributed by atoms with Crippen LogP contribution < -0.4 is 10.6 Å². The molecule has 0 aliphatic carbocycles. The van der Waals surface area contributed by atoms with Gasteiger partial charge in [-0.2, -0.15) is 0 Å². The molecule has 4 heteroatoms. The Kier molecular flexibility index (Phi) is 4.59. The second kappa shape index (κ2) is 6.98. The number of hydrogen-bond acceptors (Lipinski definition) is 4. The highest BCUT2D eigenvalue weighted by Crippen LogP contribution is 2.25. The Labute approximate surface area is 140 Å². The molecule has 0 unspecified atom stereocenters. The topological polar surface area (TPSA) is 55.4 Å². The minimum atomic E-state index is -0.176. The van der Waals surface area contributed by atoms with Crippen LogP contribution in [-0.2, 0) is 0 Å². The Morgan fingerprint density at radius 2 is 1.54 bits per heavy atom. The molecule has 0 bridgehead atoms. The lowest BCUT2D eigenvalue weighted by molar-refractivity contribution is 0.103. The van der Waals surface area contributed by atoms with Gasteiger partial charge in [-0.1, -0.05) is 60.2 Å². The first-order valence-corrected chi connectivity index (χ1v) is 7.64. The SMILES string of the molecule is Cc1ccc(N([O-])Nc2ccccc2)c(C(=O)c2ccccc2)c1. The van der Waals surface area contributed by atoms with Crippen LogP contribution in [0.1, 0.15) is 21.5 Å². The monoisotopic (exact) mass is 317 g/mol. The first-order chi connectivity index (χ1) is 11.6. The van der Waals surface area contributed by atoms with Crippen LogP contribution in [-0.4, -0.2) is 5.78 Å². The van der Waals surface area contributed by atoms with E-state index in [1.807, 2.05) is 37.3 Å². The van der Waals surface area contributed by atoms with Crippen LogP contribution in [0.5, 0.6) is 0 Å². The molecule has 0 fully saturated rings. The molecule has 4 nitrogen and oxygen atoms in total. The summed E-state index contributed by atoms with van der Waals surface area (Å²) >= 11 is 0. The maximum atomic E-state index is 12.8. The lowest BCUT2D eigenvalue weighted by Crippen LogP contribution is -2.24. The molecule has 0 saturated heterocycles. The number of para-hydroxylation sites is 1. The number of benzene rings is 3. The van der Waals surface area contributed by atoms with Crippen molar-refractivity contribution in [3.63, 3.8) is 0 Å². The predicted molar refractivity (Wildman–Crippen MR) is 97.0 cm³/mol. The summed E-state index contributed by atoms with van der Waals surface area (Å²) in [7, 11) is 0. The minimum Gasteiger partial charge on any atom is -0.739 e. The fraction of sp³-hybridized carbons (Fsp3) is 0.0500. The first-order valence-electron chi connectivity index (χ1n) is 7.64. The molecule has 3 aromatic rings. The molecule has 0 saturated carbocycles. The van der Waals surface area contributed by atoms with E-state index in [9.17, 15) is 10.0 Å². The average Bonchev–Trinajstić information content (AvgIpc) is 2.62. The molecule has 3 rings (SSSR count). The van der Waals surface area contributed by atoms with Crippen LogP contribution in [0.15, 0.2) is 78.9 Å². The Morgan fingerprint density at radius 1 is 0.917 bits per heavy atom. The number of nitrogens with zero attached hydrogens (tertiary/aromatic N) is 1. The third-order valence-electron chi connectivity index (χ3n) is 3.66. The smallest absolute Gasteiger partial charge is 0.195 e. The Hall–Kier alpha value is -3.11. The number of carbonyl (C=O) groups excluding carboxylic acids is 1. The zero-order valence-electron chi connectivity index (χ0n) is 13.3. The van der Waals surface area contributed by atoms with E-state index in [0.717, 1.165) is 5.56 Å². The highest BCUT2D eigenvalue weighted by molar-refractivity contribution is 6.12. The molecule has 0 spiro atoms. The van der Waals surface area contributed by atoms with Gasteiger partial charge < -0.3 is 15.8 Å². The standard InChI is InChI=1S/C20H17N2O2/c1-15-12-13-19(22(24)21-17-10-6-3-7-11-17)18(14-15)20(23)16-8-4-2-5-9-16/h2-14,21H,1H3/q-1. The van der Waals surface area contributed by atoms with Gasteiger partial charge in [0.2, 0.25) is 0 Å². The molecule has 120 valence electrons. The van der Waals surface area contributed by atoms with E-state index in [1.165, 1.54) is 0 Å². The van der Waals surface area contributed by atoms with E-state index in [-0.39, 0.29) is 5.78 Å². The average molecular weight is 317 g/mol. The largest absolute Gasteiger partial charge is 0.739 e. The van der Waals surface area contributed by atoms with Gasteiger partial charge in [0.25, 0.3) is 0 Å². The molecule has 0 aromatic heterocycles. The van der Waals surface area contributed by atoms with E-state index >= 15 is 0 Å². The van der Waals surface area contributed by atoms with Crippen LogP contribution in [0.25, 0.3) is 0 Å². The highest BCUT2D eigenvalue weighted by Gasteiger charge is 2.15. The molecule has 0 amide bonds. The lowest BCUT2D eigenvalue weighted by Gasteiger charge is -2.33. The molecule has 0 aliphatic rings. The van der Waals surface area contributed by atoms with Gasteiger partial charge in [0.15, 0.2) is 5.78 Å². The number of anilines is 2. The summed E-state index contributed by atoms with van der Waals surface area (Å²) in [5.41, 5.74) is 5.55. The van der Waals surface area contributed by atoms with Crippen LogP contribution in [0.2, 0.25) is 0 Å². The molecule has 0 aliphatic heterocycles. The van der Waals surface area contributed by atoms with Gasteiger partial charge in [0, 0.05) is 11.1 Å². The maximum absolute atomic E-state index is 12.8. The summed E-state index contributed by atoms with van der Waals surface area (Å²) < 4.78 is 0. The third kappa shape index (κ3) is 3.45. The van der Waals surface area contributed by atoms with Crippen molar-refractivity contribution in [2.45, 2.75) is 6.92 Å². The fourth-order valence-electron chi connectivity index (χ4n) is 2.44. The van der Waals surface area contributed by atoms with E-state index in [4.69, 9.17) is 0 Å². The predicted octanol–water partition coefficient (Wildman–Crippen LogP) is 4.56. The zero-order chi connectivity index (χ0) is 16.9. The van der Waals surface area contributed by atoms with Gasteiger partial charge in [0.05, 0.1) is 11.4 Å². The number of hydrogen-bond donors (Lipinski definition) is 1. The Bertz CT molecular complexity index is 833. The van der Waals surface area contributed by atoms with E-state index in [2.05, 4.69) is 5.43 Å². The number of ketones is 1. The quantitative estimate of drug-likeness (QED) is 0.554. The second-order valence-corrected chi connectivity index (χ2v) is 5.49. The van der Waals surface area contributed by atoms with Gasteiger partial charge in [-0.3, -0.25) is 4.79 Å². The number of nitrogens with one attached hydrogen (secondary N) is 1. The summed E-state index contributed by atoms with van der Waals surface area (Å²) in [6.07, 6.45) is 0. The number of carbonyl (C=O) groups is 1. The third-order valence-corrected chi connectivity index (χ3v) is 3.66. The molecular weight excluding hydrogens is 300 g/mol. The van der Waals surface area contributed by atoms with E-state index in [0.29, 0.717) is 27.7 Å².